The fraction of sp³-hybridized carbons (Fsp3) is 0.286. The molecule has 130 valence electrons. The largest absolute Gasteiger partial charge is 0.497 e. The van der Waals surface area contributed by atoms with Gasteiger partial charge in [-0.05, 0) is 67.2 Å². The summed E-state index contributed by atoms with van der Waals surface area (Å²) in [4.78, 5) is 12.0. The van der Waals surface area contributed by atoms with Crippen molar-refractivity contribution in [2.24, 2.45) is 0 Å². The molecule has 25 heavy (non-hydrogen) atoms. The van der Waals surface area contributed by atoms with E-state index in [0.717, 1.165) is 24.3 Å². The number of allylic oxidation sites excluding steroid dienone is 1. The molecule has 2 aromatic rings. The SMILES string of the molecule is COc1ccc(NC(=O)NC/C=C2\CCCc3ccc(C)cc32)cc1. The zero-order valence-corrected chi connectivity index (χ0v) is 14.8. The van der Waals surface area contributed by atoms with Gasteiger partial charge in [0, 0.05) is 12.2 Å². The zero-order chi connectivity index (χ0) is 17.6. The third kappa shape index (κ3) is 4.41. The maximum absolute atomic E-state index is 12.0. The number of carbonyl (C=O) groups is 1. The summed E-state index contributed by atoms with van der Waals surface area (Å²) >= 11 is 0. The van der Waals surface area contributed by atoms with E-state index in [4.69, 9.17) is 4.74 Å². The summed E-state index contributed by atoms with van der Waals surface area (Å²) in [6.07, 6.45) is 5.50. The first kappa shape index (κ1) is 17.1. The van der Waals surface area contributed by atoms with Crippen LogP contribution in [0.5, 0.6) is 5.75 Å². The van der Waals surface area contributed by atoms with E-state index in [9.17, 15) is 4.79 Å². The van der Waals surface area contributed by atoms with Crippen LogP contribution in [-0.4, -0.2) is 19.7 Å². The molecule has 0 saturated heterocycles. The molecule has 2 amide bonds. The van der Waals surface area contributed by atoms with Gasteiger partial charge >= 0.3 is 6.03 Å². The lowest BCUT2D eigenvalue weighted by Gasteiger charge is -2.20. The quantitative estimate of drug-likeness (QED) is 0.861. The van der Waals surface area contributed by atoms with Gasteiger partial charge in [0.15, 0.2) is 0 Å². The number of anilines is 1. The summed E-state index contributed by atoms with van der Waals surface area (Å²) < 4.78 is 5.11. The summed E-state index contributed by atoms with van der Waals surface area (Å²) in [7, 11) is 1.62. The van der Waals surface area contributed by atoms with Crippen molar-refractivity contribution in [1.29, 1.82) is 0 Å². The molecule has 0 saturated carbocycles. The predicted octanol–water partition coefficient (Wildman–Crippen LogP) is 4.55. The molecule has 0 fully saturated rings. The number of amides is 2. The smallest absolute Gasteiger partial charge is 0.319 e. The number of ether oxygens (including phenoxy) is 1. The summed E-state index contributed by atoms with van der Waals surface area (Å²) in [6, 6.07) is 13.7. The maximum Gasteiger partial charge on any atom is 0.319 e. The highest BCUT2D eigenvalue weighted by Crippen LogP contribution is 2.31. The molecule has 0 aliphatic heterocycles. The number of hydrogen-bond donors (Lipinski definition) is 2. The minimum absolute atomic E-state index is 0.206. The van der Waals surface area contributed by atoms with Crippen molar-refractivity contribution in [2.45, 2.75) is 26.2 Å². The van der Waals surface area contributed by atoms with Gasteiger partial charge in [0.05, 0.1) is 7.11 Å². The second-order valence-electron chi connectivity index (χ2n) is 6.31. The number of aryl methyl sites for hydroxylation is 2. The van der Waals surface area contributed by atoms with Crippen molar-refractivity contribution >= 4 is 17.3 Å². The molecule has 4 heteroatoms. The normalized spacial score (nSPS) is 14.7. The van der Waals surface area contributed by atoms with Gasteiger partial charge in [-0.3, -0.25) is 0 Å². The van der Waals surface area contributed by atoms with Crippen LogP contribution in [0.2, 0.25) is 0 Å². The Balaban J connectivity index is 1.58. The predicted molar refractivity (Wildman–Crippen MR) is 102 cm³/mol. The third-order valence-corrected chi connectivity index (χ3v) is 4.46. The van der Waals surface area contributed by atoms with E-state index in [2.05, 4.69) is 41.8 Å². The van der Waals surface area contributed by atoms with Crippen molar-refractivity contribution in [2.75, 3.05) is 19.0 Å². The number of rotatable bonds is 4. The molecule has 2 N–H and O–H groups in total. The van der Waals surface area contributed by atoms with Crippen LogP contribution < -0.4 is 15.4 Å². The lowest BCUT2D eigenvalue weighted by Crippen LogP contribution is -2.28. The monoisotopic (exact) mass is 336 g/mol. The fourth-order valence-corrected chi connectivity index (χ4v) is 3.14. The molecule has 0 bridgehead atoms. The Morgan fingerprint density at radius 2 is 1.96 bits per heavy atom. The summed E-state index contributed by atoms with van der Waals surface area (Å²) in [6.45, 7) is 2.64. The second kappa shape index (κ2) is 7.88. The van der Waals surface area contributed by atoms with Crippen LogP contribution in [0, 0.1) is 6.92 Å². The standard InChI is InChI=1S/C21H24N2O2/c1-15-6-7-16-4-3-5-17(20(16)14-15)12-13-22-21(24)23-18-8-10-19(25-2)11-9-18/h6-12,14H,3-5,13H2,1-2H3,(H2,22,23,24)/b17-12+. The summed E-state index contributed by atoms with van der Waals surface area (Å²) in [5.74, 6) is 0.766. The number of urea groups is 1. The Kier molecular flexibility index (Phi) is 5.39. The number of benzene rings is 2. The highest BCUT2D eigenvalue weighted by Gasteiger charge is 2.13. The fourth-order valence-electron chi connectivity index (χ4n) is 3.14. The van der Waals surface area contributed by atoms with Gasteiger partial charge < -0.3 is 15.4 Å². The summed E-state index contributed by atoms with van der Waals surface area (Å²) in [5, 5.41) is 5.72. The molecular formula is C21H24N2O2. The van der Waals surface area contributed by atoms with Gasteiger partial charge in [0.25, 0.3) is 0 Å². The van der Waals surface area contributed by atoms with E-state index < -0.39 is 0 Å². The van der Waals surface area contributed by atoms with Crippen molar-refractivity contribution < 1.29 is 9.53 Å². The zero-order valence-electron chi connectivity index (χ0n) is 14.8. The van der Waals surface area contributed by atoms with Gasteiger partial charge in [-0.25, -0.2) is 4.79 Å². The lowest BCUT2D eigenvalue weighted by molar-refractivity contribution is 0.253. The molecular weight excluding hydrogens is 312 g/mol. The van der Waals surface area contributed by atoms with Crippen molar-refractivity contribution in [3.05, 3.63) is 65.2 Å². The van der Waals surface area contributed by atoms with Crippen LogP contribution in [0.15, 0.2) is 48.5 Å². The number of nitrogens with one attached hydrogen (secondary N) is 2. The van der Waals surface area contributed by atoms with E-state index in [1.807, 2.05) is 24.3 Å². The van der Waals surface area contributed by atoms with Gasteiger partial charge in [0.1, 0.15) is 5.75 Å². The molecule has 1 aliphatic rings. The molecule has 0 aromatic heterocycles. The molecule has 0 atom stereocenters. The van der Waals surface area contributed by atoms with Gasteiger partial charge in [-0.15, -0.1) is 0 Å². The topological polar surface area (TPSA) is 50.4 Å². The van der Waals surface area contributed by atoms with Gasteiger partial charge in [-0.2, -0.15) is 0 Å². The first-order valence-electron chi connectivity index (χ1n) is 8.63. The number of fused-ring (bicyclic) bond motifs is 1. The molecule has 2 aromatic carbocycles. The number of methoxy groups -OCH3 is 1. The molecule has 4 nitrogen and oxygen atoms in total. The molecule has 3 rings (SSSR count). The molecule has 1 aliphatic carbocycles. The van der Waals surface area contributed by atoms with E-state index in [1.165, 1.54) is 28.7 Å². The van der Waals surface area contributed by atoms with Crippen molar-refractivity contribution in [1.82, 2.24) is 5.32 Å². The Hall–Kier alpha value is -2.75. The van der Waals surface area contributed by atoms with Crippen LogP contribution in [0.1, 0.15) is 29.5 Å². The number of carbonyl (C=O) groups excluding carboxylic acids is 1. The Morgan fingerprint density at radius 1 is 1.16 bits per heavy atom. The second-order valence-corrected chi connectivity index (χ2v) is 6.31. The van der Waals surface area contributed by atoms with Gasteiger partial charge in [-0.1, -0.05) is 29.8 Å². The molecule has 0 heterocycles. The minimum Gasteiger partial charge on any atom is -0.497 e. The maximum atomic E-state index is 12.0. The first-order valence-corrected chi connectivity index (χ1v) is 8.63. The van der Waals surface area contributed by atoms with E-state index in [-0.39, 0.29) is 6.03 Å². The van der Waals surface area contributed by atoms with Gasteiger partial charge in [0.2, 0.25) is 0 Å². The lowest BCUT2D eigenvalue weighted by atomic mass is 9.86. The van der Waals surface area contributed by atoms with E-state index >= 15 is 0 Å². The van der Waals surface area contributed by atoms with Crippen LogP contribution in [0.3, 0.4) is 0 Å². The Labute approximate surface area is 148 Å². The van der Waals surface area contributed by atoms with Crippen LogP contribution >= 0.6 is 0 Å². The van der Waals surface area contributed by atoms with Crippen molar-refractivity contribution in [3.63, 3.8) is 0 Å². The third-order valence-electron chi connectivity index (χ3n) is 4.46. The van der Waals surface area contributed by atoms with Crippen molar-refractivity contribution in [3.8, 4) is 5.75 Å². The number of hydrogen-bond acceptors (Lipinski definition) is 2. The molecule has 0 unspecified atom stereocenters. The first-order chi connectivity index (χ1) is 12.2. The van der Waals surface area contributed by atoms with Crippen LogP contribution in [0.25, 0.3) is 5.57 Å². The highest BCUT2D eigenvalue weighted by molar-refractivity contribution is 5.89. The highest BCUT2D eigenvalue weighted by atomic mass is 16.5. The average Bonchev–Trinajstić information content (AvgIpc) is 2.62. The Morgan fingerprint density at radius 3 is 2.72 bits per heavy atom. The molecule has 0 radical (unpaired) electrons. The summed E-state index contributed by atoms with van der Waals surface area (Å²) in [5.41, 5.74) is 6.09. The Bertz CT molecular complexity index is 779. The average molecular weight is 336 g/mol. The van der Waals surface area contributed by atoms with Crippen LogP contribution in [0.4, 0.5) is 10.5 Å². The minimum atomic E-state index is -0.206. The van der Waals surface area contributed by atoms with E-state index in [0.29, 0.717) is 6.54 Å². The van der Waals surface area contributed by atoms with Crippen LogP contribution in [-0.2, 0) is 6.42 Å². The van der Waals surface area contributed by atoms with E-state index in [1.54, 1.807) is 7.11 Å². The molecule has 0 spiro atoms.